The second-order valence-electron chi connectivity index (χ2n) is 7.66. The highest BCUT2D eigenvalue weighted by Crippen LogP contribution is 2.26. The van der Waals surface area contributed by atoms with Gasteiger partial charge in [0.1, 0.15) is 0 Å². The third-order valence-corrected chi connectivity index (χ3v) is 5.95. The fourth-order valence-corrected chi connectivity index (χ4v) is 3.89. The topological polar surface area (TPSA) is 77.2 Å². The Morgan fingerprint density at radius 1 is 0.971 bits per heavy atom. The zero-order valence-corrected chi connectivity index (χ0v) is 19.6. The Morgan fingerprint density at radius 3 is 2.38 bits per heavy atom. The second-order valence-corrected chi connectivity index (χ2v) is 8.59. The maximum atomic E-state index is 13.8. The van der Waals surface area contributed by atoms with Crippen molar-refractivity contribution in [2.45, 2.75) is 31.2 Å². The first-order valence-corrected chi connectivity index (χ1v) is 11.8. The molecule has 0 fully saturated rings. The van der Waals surface area contributed by atoms with Crippen LogP contribution in [0, 0.1) is 5.82 Å². The zero-order valence-electron chi connectivity index (χ0n) is 18.8. The Hall–Kier alpha value is -3.65. The Morgan fingerprint density at radius 2 is 1.65 bits per heavy atom. The maximum absolute atomic E-state index is 13.8. The van der Waals surface area contributed by atoms with E-state index in [2.05, 4.69) is 27.6 Å². The molecule has 0 radical (unpaired) electrons. The van der Waals surface area contributed by atoms with Gasteiger partial charge in [-0.1, -0.05) is 78.5 Å². The number of para-hydroxylation sites is 1. The Labute approximate surface area is 201 Å². The minimum absolute atomic E-state index is 0.104. The standard InChI is InChI=1S/C26H24FN3O3S/c1-17(19-12-14-21(15-13-19)20-8-4-3-5-9-20)28-24(31)16-34-26-30-29-25(33-26)18(2)32-23-11-7-6-10-22(23)27/h3-15,17-18H,16H2,1-2H3,(H,28,31)/t17-,18-/m1/s1. The number of ether oxygens (including phenoxy) is 1. The Balaban J connectivity index is 1.27. The van der Waals surface area contributed by atoms with Gasteiger partial charge < -0.3 is 14.5 Å². The van der Waals surface area contributed by atoms with Gasteiger partial charge in [-0.25, -0.2) is 4.39 Å². The number of thioether (sulfide) groups is 1. The van der Waals surface area contributed by atoms with Crippen LogP contribution in [-0.2, 0) is 4.79 Å². The monoisotopic (exact) mass is 477 g/mol. The summed E-state index contributed by atoms with van der Waals surface area (Å²) in [6, 6.07) is 24.2. The number of amides is 1. The molecular formula is C26H24FN3O3S. The van der Waals surface area contributed by atoms with E-state index in [0.717, 1.165) is 28.5 Å². The van der Waals surface area contributed by atoms with Crippen molar-refractivity contribution in [3.05, 3.63) is 96.1 Å². The summed E-state index contributed by atoms with van der Waals surface area (Å²) in [7, 11) is 0. The van der Waals surface area contributed by atoms with Crippen LogP contribution in [0.3, 0.4) is 0 Å². The van der Waals surface area contributed by atoms with Crippen molar-refractivity contribution in [1.29, 1.82) is 0 Å². The Kier molecular flexibility index (Phi) is 7.59. The number of rotatable bonds is 9. The number of halogens is 1. The number of benzene rings is 3. The molecule has 0 bridgehead atoms. The molecule has 0 spiro atoms. The van der Waals surface area contributed by atoms with Crippen LogP contribution in [0.1, 0.15) is 37.4 Å². The van der Waals surface area contributed by atoms with Gasteiger partial charge in [-0.3, -0.25) is 4.79 Å². The molecule has 174 valence electrons. The second kappa shape index (κ2) is 11.0. The normalized spacial score (nSPS) is 12.7. The SMILES string of the molecule is C[C@@H](NC(=O)CSc1nnc([C@@H](C)Oc2ccccc2F)o1)c1ccc(-c2ccccc2)cc1. The van der Waals surface area contributed by atoms with E-state index in [-0.39, 0.29) is 34.6 Å². The molecule has 0 saturated heterocycles. The van der Waals surface area contributed by atoms with E-state index in [1.165, 1.54) is 12.1 Å². The molecule has 0 aliphatic rings. The van der Waals surface area contributed by atoms with Crippen LogP contribution >= 0.6 is 11.8 Å². The first kappa shape index (κ1) is 23.5. The molecule has 1 aromatic heterocycles. The van der Waals surface area contributed by atoms with E-state index in [9.17, 15) is 9.18 Å². The summed E-state index contributed by atoms with van der Waals surface area (Å²) in [5.74, 6) is -0.189. The van der Waals surface area contributed by atoms with Crippen LogP contribution in [-0.4, -0.2) is 21.9 Å². The lowest BCUT2D eigenvalue weighted by molar-refractivity contribution is -0.119. The van der Waals surface area contributed by atoms with E-state index in [4.69, 9.17) is 9.15 Å². The molecule has 1 amide bonds. The van der Waals surface area contributed by atoms with E-state index in [0.29, 0.717) is 0 Å². The van der Waals surface area contributed by atoms with Crippen LogP contribution in [0.4, 0.5) is 4.39 Å². The molecule has 1 N–H and O–H groups in total. The van der Waals surface area contributed by atoms with Gasteiger partial charge in [-0.15, -0.1) is 10.2 Å². The Bertz CT molecular complexity index is 1230. The molecule has 0 aliphatic heterocycles. The van der Waals surface area contributed by atoms with E-state index >= 15 is 0 Å². The van der Waals surface area contributed by atoms with Crippen molar-refractivity contribution in [3.8, 4) is 16.9 Å². The van der Waals surface area contributed by atoms with Crippen LogP contribution < -0.4 is 10.1 Å². The van der Waals surface area contributed by atoms with Gasteiger partial charge in [-0.05, 0) is 42.7 Å². The van der Waals surface area contributed by atoms with Gasteiger partial charge in [0, 0.05) is 0 Å². The highest BCUT2D eigenvalue weighted by atomic mass is 32.2. The van der Waals surface area contributed by atoms with E-state index in [1.807, 2.05) is 49.4 Å². The molecule has 34 heavy (non-hydrogen) atoms. The minimum Gasteiger partial charge on any atom is -0.478 e. The van der Waals surface area contributed by atoms with Crippen LogP contribution in [0.5, 0.6) is 5.75 Å². The van der Waals surface area contributed by atoms with Crippen molar-refractivity contribution in [1.82, 2.24) is 15.5 Å². The molecule has 3 aromatic carbocycles. The number of hydrogen-bond acceptors (Lipinski definition) is 6. The predicted octanol–water partition coefficient (Wildman–Crippen LogP) is 5.99. The molecule has 8 heteroatoms. The molecule has 2 atom stereocenters. The zero-order chi connectivity index (χ0) is 23.9. The fourth-order valence-electron chi connectivity index (χ4n) is 3.31. The summed E-state index contributed by atoms with van der Waals surface area (Å²) in [4.78, 5) is 12.4. The molecule has 6 nitrogen and oxygen atoms in total. The van der Waals surface area contributed by atoms with Crippen molar-refractivity contribution in [3.63, 3.8) is 0 Å². The number of aromatic nitrogens is 2. The van der Waals surface area contributed by atoms with Crippen molar-refractivity contribution >= 4 is 17.7 Å². The lowest BCUT2D eigenvalue weighted by Crippen LogP contribution is -2.28. The lowest BCUT2D eigenvalue weighted by atomic mass is 10.0. The third kappa shape index (κ3) is 6.02. The summed E-state index contributed by atoms with van der Waals surface area (Å²) in [5.41, 5.74) is 3.28. The first-order valence-electron chi connectivity index (χ1n) is 10.8. The average molecular weight is 478 g/mol. The lowest BCUT2D eigenvalue weighted by Gasteiger charge is -2.14. The van der Waals surface area contributed by atoms with E-state index in [1.54, 1.807) is 19.1 Å². The number of carbonyl (C=O) groups is 1. The van der Waals surface area contributed by atoms with Crippen LogP contribution in [0.15, 0.2) is 88.5 Å². The summed E-state index contributed by atoms with van der Waals surface area (Å²) in [5, 5.41) is 11.1. The van der Waals surface area contributed by atoms with Crippen molar-refractivity contribution in [2.75, 3.05) is 5.75 Å². The largest absolute Gasteiger partial charge is 0.478 e. The van der Waals surface area contributed by atoms with Crippen molar-refractivity contribution in [2.24, 2.45) is 0 Å². The van der Waals surface area contributed by atoms with Crippen LogP contribution in [0.2, 0.25) is 0 Å². The predicted molar refractivity (Wildman–Crippen MR) is 129 cm³/mol. The quantitative estimate of drug-likeness (QED) is 0.299. The molecule has 0 saturated carbocycles. The molecule has 4 rings (SSSR count). The van der Waals surface area contributed by atoms with Gasteiger partial charge in [0.15, 0.2) is 17.7 Å². The van der Waals surface area contributed by atoms with Crippen LogP contribution in [0.25, 0.3) is 11.1 Å². The highest BCUT2D eigenvalue weighted by Gasteiger charge is 2.18. The molecule has 0 aliphatic carbocycles. The summed E-state index contributed by atoms with van der Waals surface area (Å²) >= 11 is 1.13. The van der Waals surface area contributed by atoms with Gasteiger partial charge >= 0.3 is 0 Å². The van der Waals surface area contributed by atoms with Crippen molar-refractivity contribution < 1.29 is 18.3 Å². The number of hydrogen-bond donors (Lipinski definition) is 1. The van der Waals surface area contributed by atoms with Gasteiger partial charge in [0.05, 0.1) is 11.8 Å². The van der Waals surface area contributed by atoms with Gasteiger partial charge in [0.2, 0.25) is 5.91 Å². The average Bonchev–Trinajstić information content (AvgIpc) is 3.34. The fraction of sp³-hybridized carbons (Fsp3) is 0.192. The number of nitrogens with one attached hydrogen (secondary N) is 1. The summed E-state index contributed by atoms with van der Waals surface area (Å²) in [6.07, 6.45) is -0.633. The maximum Gasteiger partial charge on any atom is 0.277 e. The molecular weight excluding hydrogens is 453 g/mol. The molecule has 0 unspecified atom stereocenters. The van der Waals surface area contributed by atoms with Gasteiger partial charge in [0.25, 0.3) is 11.1 Å². The third-order valence-electron chi connectivity index (χ3n) is 5.13. The first-order chi connectivity index (χ1) is 16.5. The highest BCUT2D eigenvalue weighted by molar-refractivity contribution is 7.99. The number of carbonyl (C=O) groups excluding carboxylic acids is 1. The minimum atomic E-state index is -0.633. The molecule has 1 heterocycles. The van der Waals surface area contributed by atoms with Gasteiger partial charge in [-0.2, -0.15) is 0 Å². The summed E-state index contributed by atoms with van der Waals surface area (Å²) in [6.45, 7) is 3.62. The summed E-state index contributed by atoms with van der Waals surface area (Å²) < 4.78 is 24.9. The number of nitrogens with zero attached hydrogens (tertiary/aromatic N) is 2. The molecule has 4 aromatic rings. The van der Waals surface area contributed by atoms with E-state index < -0.39 is 11.9 Å². The smallest absolute Gasteiger partial charge is 0.277 e.